The van der Waals surface area contributed by atoms with Gasteiger partial charge >= 0.3 is 12.1 Å². The number of nitrogens with one attached hydrogen (secondary N) is 1. The summed E-state index contributed by atoms with van der Waals surface area (Å²) >= 11 is 0. The summed E-state index contributed by atoms with van der Waals surface area (Å²) in [6.07, 6.45) is -1.50. The van der Waals surface area contributed by atoms with Crippen LogP contribution in [0.3, 0.4) is 0 Å². The number of hydrogen-bond acceptors (Lipinski definition) is 5. The molecule has 0 saturated carbocycles. The molecule has 0 saturated heterocycles. The van der Waals surface area contributed by atoms with E-state index in [2.05, 4.69) is 5.32 Å². The van der Waals surface area contributed by atoms with Gasteiger partial charge in [-0.05, 0) is 34.7 Å². The van der Waals surface area contributed by atoms with Crippen molar-refractivity contribution in [3.8, 4) is 11.1 Å². The fraction of sp³-hybridized carbons (Fsp3) is 0.276. The average Bonchev–Trinajstić information content (AvgIpc) is 3.23. The summed E-state index contributed by atoms with van der Waals surface area (Å²) in [5.74, 6) is -1.86. The molecule has 1 aliphatic rings. The Hall–Kier alpha value is -4.17. The molecule has 1 aliphatic carbocycles. The molecular formula is C29H30N2O6. The van der Waals surface area contributed by atoms with Crippen molar-refractivity contribution in [2.75, 3.05) is 20.3 Å². The van der Waals surface area contributed by atoms with E-state index < -0.39 is 36.7 Å². The molecule has 0 heterocycles. The van der Waals surface area contributed by atoms with Gasteiger partial charge in [-0.1, -0.05) is 78.9 Å². The van der Waals surface area contributed by atoms with E-state index in [4.69, 9.17) is 9.47 Å². The molecule has 4 rings (SSSR count). The summed E-state index contributed by atoms with van der Waals surface area (Å²) in [5.41, 5.74) is 5.13. The van der Waals surface area contributed by atoms with Crippen LogP contribution in [0, 0.1) is 0 Å². The number of nitrogens with zero attached hydrogens (tertiary/aromatic N) is 1. The summed E-state index contributed by atoms with van der Waals surface area (Å²) in [4.78, 5) is 39.0. The van der Waals surface area contributed by atoms with Crippen LogP contribution < -0.4 is 5.32 Å². The third-order valence-electron chi connectivity index (χ3n) is 6.58. The Kier molecular flexibility index (Phi) is 8.20. The lowest BCUT2D eigenvalue weighted by Gasteiger charge is -2.29. The second kappa shape index (κ2) is 11.7. The Labute approximate surface area is 215 Å². The molecule has 0 aliphatic heterocycles. The number of fused-ring (bicyclic) bond motifs is 3. The van der Waals surface area contributed by atoms with Crippen molar-refractivity contribution in [2.24, 2.45) is 0 Å². The van der Waals surface area contributed by atoms with Gasteiger partial charge in [-0.3, -0.25) is 9.59 Å². The lowest BCUT2D eigenvalue weighted by Crippen LogP contribution is -2.55. The number of methoxy groups -OCH3 is 1. The molecule has 2 unspecified atom stereocenters. The maximum Gasteiger partial charge on any atom is 0.407 e. The second-order valence-corrected chi connectivity index (χ2v) is 8.96. The van der Waals surface area contributed by atoms with Crippen LogP contribution in [0.2, 0.25) is 0 Å². The Morgan fingerprint density at radius 2 is 1.49 bits per heavy atom. The van der Waals surface area contributed by atoms with Gasteiger partial charge in [0, 0.05) is 19.6 Å². The number of amides is 2. The summed E-state index contributed by atoms with van der Waals surface area (Å²) in [6, 6.07) is 23.9. The first kappa shape index (κ1) is 25.9. The lowest BCUT2D eigenvalue weighted by molar-refractivity contribution is -0.147. The summed E-state index contributed by atoms with van der Waals surface area (Å²) in [5, 5.41) is 12.0. The molecule has 3 aromatic rings. The molecule has 2 atom stereocenters. The number of carbonyl (C=O) groups is 3. The van der Waals surface area contributed by atoms with Gasteiger partial charge in [0.05, 0.1) is 6.10 Å². The number of benzene rings is 3. The van der Waals surface area contributed by atoms with E-state index in [0.717, 1.165) is 27.8 Å². The Bertz CT molecular complexity index is 1220. The van der Waals surface area contributed by atoms with Gasteiger partial charge in [0.2, 0.25) is 5.91 Å². The fourth-order valence-electron chi connectivity index (χ4n) is 4.66. The standard InChI is InChI=1S/C29H30N2O6/c1-19(36-2)27(28(34)31(17-26(32)33)16-20-10-4-3-5-11-20)30-29(35)37-18-25-23-14-8-6-12-21(23)22-13-7-9-15-24(22)25/h3-15,19,25,27H,16-18H2,1-2H3,(H,30,35)(H,32,33). The molecule has 0 spiro atoms. The summed E-state index contributed by atoms with van der Waals surface area (Å²) < 4.78 is 10.9. The first-order chi connectivity index (χ1) is 17.9. The van der Waals surface area contributed by atoms with Gasteiger partial charge in [0.1, 0.15) is 19.2 Å². The molecule has 2 amide bonds. The minimum Gasteiger partial charge on any atom is -0.480 e. The van der Waals surface area contributed by atoms with Crippen LogP contribution in [0.25, 0.3) is 11.1 Å². The number of carboxylic acids is 1. The number of carboxylic acid groups (broad SMARTS) is 1. The fourth-order valence-corrected chi connectivity index (χ4v) is 4.66. The highest BCUT2D eigenvalue weighted by molar-refractivity contribution is 5.88. The van der Waals surface area contributed by atoms with Gasteiger partial charge in [0.25, 0.3) is 0 Å². The molecule has 8 heteroatoms. The van der Waals surface area contributed by atoms with Crippen molar-refractivity contribution in [1.82, 2.24) is 10.2 Å². The second-order valence-electron chi connectivity index (χ2n) is 8.96. The van der Waals surface area contributed by atoms with Crippen molar-refractivity contribution in [2.45, 2.75) is 31.5 Å². The number of ether oxygens (including phenoxy) is 2. The Balaban J connectivity index is 1.47. The molecular weight excluding hydrogens is 472 g/mol. The third-order valence-corrected chi connectivity index (χ3v) is 6.58. The van der Waals surface area contributed by atoms with Crippen LogP contribution in [-0.2, 0) is 25.6 Å². The van der Waals surface area contributed by atoms with Crippen molar-refractivity contribution in [3.63, 3.8) is 0 Å². The maximum atomic E-state index is 13.4. The monoisotopic (exact) mass is 502 g/mol. The molecule has 0 radical (unpaired) electrons. The predicted molar refractivity (Wildman–Crippen MR) is 138 cm³/mol. The van der Waals surface area contributed by atoms with Gasteiger partial charge in [-0.25, -0.2) is 4.79 Å². The first-order valence-electron chi connectivity index (χ1n) is 12.1. The molecule has 2 N–H and O–H groups in total. The lowest BCUT2D eigenvalue weighted by atomic mass is 9.98. The van der Waals surface area contributed by atoms with Crippen molar-refractivity contribution >= 4 is 18.0 Å². The summed E-state index contributed by atoms with van der Waals surface area (Å²) in [7, 11) is 1.42. The van der Waals surface area contributed by atoms with Crippen LogP contribution >= 0.6 is 0 Å². The first-order valence-corrected chi connectivity index (χ1v) is 12.1. The van der Waals surface area contributed by atoms with E-state index in [1.807, 2.05) is 66.7 Å². The number of aliphatic carboxylic acids is 1. The van der Waals surface area contributed by atoms with E-state index in [1.165, 1.54) is 12.0 Å². The minimum atomic E-state index is -1.16. The van der Waals surface area contributed by atoms with E-state index in [-0.39, 0.29) is 19.1 Å². The number of hydrogen-bond donors (Lipinski definition) is 2. The highest BCUT2D eigenvalue weighted by Gasteiger charge is 2.34. The third kappa shape index (κ3) is 5.98. The normalized spacial score (nSPS) is 13.7. The number of rotatable bonds is 10. The van der Waals surface area contributed by atoms with Gasteiger partial charge < -0.3 is 24.8 Å². The SMILES string of the molecule is COC(C)C(NC(=O)OCC1c2ccccc2-c2ccccc21)C(=O)N(CC(=O)O)Cc1ccccc1. The minimum absolute atomic E-state index is 0.0747. The molecule has 37 heavy (non-hydrogen) atoms. The maximum absolute atomic E-state index is 13.4. The number of alkyl carbamates (subject to hydrolysis) is 1. The van der Waals surface area contributed by atoms with Crippen LogP contribution in [0.15, 0.2) is 78.9 Å². The van der Waals surface area contributed by atoms with Gasteiger partial charge in [0.15, 0.2) is 0 Å². The predicted octanol–water partition coefficient (Wildman–Crippen LogP) is 4.04. The molecule has 0 fully saturated rings. The quantitative estimate of drug-likeness (QED) is 0.434. The van der Waals surface area contributed by atoms with Crippen molar-refractivity contribution in [3.05, 3.63) is 95.6 Å². The van der Waals surface area contributed by atoms with Crippen LogP contribution in [0.4, 0.5) is 4.79 Å². The van der Waals surface area contributed by atoms with Crippen LogP contribution in [0.5, 0.6) is 0 Å². The zero-order chi connectivity index (χ0) is 26.4. The van der Waals surface area contributed by atoms with Crippen LogP contribution in [0.1, 0.15) is 29.5 Å². The largest absolute Gasteiger partial charge is 0.480 e. The smallest absolute Gasteiger partial charge is 0.407 e. The van der Waals surface area contributed by atoms with Gasteiger partial charge in [-0.15, -0.1) is 0 Å². The average molecular weight is 503 g/mol. The number of carbonyl (C=O) groups excluding carboxylic acids is 2. The topological polar surface area (TPSA) is 105 Å². The molecule has 192 valence electrons. The van der Waals surface area contributed by atoms with E-state index in [1.54, 1.807) is 19.1 Å². The zero-order valence-electron chi connectivity index (χ0n) is 20.8. The van der Waals surface area contributed by atoms with Crippen molar-refractivity contribution in [1.29, 1.82) is 0 Å². The Morgan fingerprint density at radius 3 is 2.05 bits per heavy atom. The highest BCUT2D eigenvalue weighted by atomic mass is 16.5. The molecule has 8 nitrogen and oxygen atoms in total. The van der Waals surface area contributed by atoms with Gasteiger partial charge in [-0.2, -0.15) is 0 Å². The van der Waals surface area contributed by atoms with E-state index in [0.29, 0.717) is 0 Å². The Morgan fingerprint density at radius 1 is 0.919 bits per heavy atom. The molecule has 0 bridgehead atoms. The molecule has 0 aromatic heterocycles. The van der Waals surface area contributed by atoms with E-state index >= 15 is 0 Å². The van der Waals surface area contributed by atoms with Crippen molar-refractivity contribution < 1.29 is 29.0 Å². The summed E-state index contributed by atoms with van der Waals surface area (Å²) in [6.45, 7) is 1.27. The highest BCUT2D eigenvalue weighted by Crippen LogP contribution is 2.44. The van der Waals surface area contributed by atoms with E-state index in [9.17, 15) is 19.5 Å². The zero-order valence-corrected chi connectivity index (χ0v) is 20.8. The molecule has 3 aromatic carbocycles. The van der Waals surface area contributed by atoms with Crippen LogP contribution in [-0.4, -0.2) is 60.4 Å².